The molecule has 12 N–H and O–H groups in total. The Hall–Kier alpha value is -2.56. The van der Waals surface area contributed by atoms with Crippen molar-refractivity contribution in [3.05, 3.63) is 0 Å². The van der Waals surface area contributed by atoms with Crippen LogP contribution in [0.4, 0.5) is 0 Å². The zero-order valence-electron chi connectivity index (χ0n) is 12.8. The van der Waals surface area contributed by atoms with Crippen LogP contribution in [0.15, 0.2) is 9.98 Å². The quantitative estimate of drug-likeness (QED) is 0.121. The number of carboxylic acids is 2. The molecular formula is C12H25N7O4. The molecule has 0 rings (SSSR count). The SMILES string of the molecule is NC(N)=NCCCC(C(=O)O)C(N)(CCCN=C(N)N)C(=O)O. The van der Waals surface area contributed by atoms with E-state index in [0.717, 1.165) is 0 Å². The molecule has 0 aromatic carbocycles. The molecule has 0 aliphatic rings. The van der Waals surface area contributed by atoms with E-state index in [0.29, 0.717) is 0 Å². The minimum Gasteiger partial charge on any atom is -0.481 e. The average Bonchev–Trinajstić information content (AvgIpc) is 2.42. The van der Waals surface area contributed by atoms with Gasteiger partial charge in [0.25, 0.3) is 0 Å². The second-order valence-corrected chi connectivity index (χ2v) is 5.10. The van der Waals surface area contributed by atoms with E-state index in [-0.39, 0.29) is 50.7 Å². The molecule has 0 aliphatic heterocycles. The molecule has 11 nitrogen and oxygen atoms in total. The van der Waals surface area contributed by atoms with E-state index in [1.54, 1.807) is 0 Å². The van der Waals surface area contributed by atoms with Crippen LogP contribution in [0, 0.1) is 5.92 Å². The molecule has 0 spiro atoms. The van der Waals surface area contributed by atoms with Crippen LogP contribution in [0.25, 0.3) is 0 Å². The summed E-state index contributed by atoms with van der Waals surface area (Å²) in [7, 11) is 0. The highest BCUT2D eigenvalue weighted by molar-refractivity contribution is 5.86. The minimum absolute atomic E-state index is 0.0250. The van der Waals surface area contributed by atoms with E-state index >= 15 is 0 Å². The largest absolute Gasteiger partial charge is 0.481 e. The molecular weight excluding hydrogens is 306 g/mol. The molecule has 0 heterocycles. The number of carboxylic acid groups (broad SMARTS) is 2. The number of aliphatic imine (C=N–C) groups is 2. The summed E-state index contributed by atoms with van der Waals surface area (Å²) in [5.41, 5.74) is 24.6. The Balaban J connectivity index is 4.93. The number of guanidine groups is 2. The summed E-state index contributed by atoms with van der Waals surface area (Å²) in [4.78, 5) is 30.4. The monoisotopic (exact) mass is 331 g/mol. The van der Waals surface area contributed by atoms with Crippen LogP contribution in [0.3, 0.4) is 0 Å². The normalized spacial score (nSPS) is 14.3. The summed E-state index contributed by atoms with van der Waals surface area (Å²) in [5.74, 6) is -4.22. The van der Waals surface area contributed by atoms with E-state index in [9.17, 15) is 19.8 Å². The summed E-state index contributed by atoms with van der Waals surface area (Å²) in [6.07, 6.45) is 0.461. The fourth-order valence-electron chi connectivity index (χ4n) is 2.11. The number of carbonyl (C=O) groups is 2. The van der Waals surface area contributed by atoms with E-state index in [1.165, 1.54) is 0 Å². The number of rotatable bonds is 11. The second-order valence-electron chi connectivity index (χ2n) is 5.10. The van der Waals surface area contributed by atoms with Gasteiger partial charge in [0.2, 0.25) is 0 Å². The lowest BCUT2D eigenvalue weighted by atomic mass is 9.78. The van der Waals surface area contributed by atoms with Crippen molar-refractivity contribution in [2.75, 3.05) is 13.1 Å². The van der Waals surface area contributed by atoms with Crippen LogP contribution in [0.5, 0.6) is 0 Å². The Morgan fingerprint density at radius 2 is 1.43 bits per heavy atom. The van der Waals surface area contributed by atoms with Crippen LogP contribution in [-0.4, -0.2) is 52.7 Å². The molecule has 0 amide bonds. The fraction of sp³-hybridized carbons (Fsp3) is 0.667. The van der Waals surface area contributed by atoms with Gasteiger partial charge in [-0.1, -0.05) is 0 Å². The lowest BCUT2D eigenvalue weighted by Crippen LogP contribution is -2.56. The van der Waals surface area contributed by atoms with Crippen molar-refractivity contribution in [1.29, 1.82) is 0 Å². The topological polar surface area (TPSA) is 229 Å². The molecule has 11 heteroatoms. The third kappa shape index (κ3) is 7.31. The smallest absolute Gasteiger partial charge is 0.324 e. The predicted octanol–water partition coefficient (Wildman–Crippen LogP) is -2.42. The molecule has 0 aliphatic carbocycles. The molecule has 132 valence electrons. The van der Waals surface area contributed by atoms with Gasteiger partial charge < -0.3 is 38.9 Å². The van der Waals surface area contributed by atoms with Gasteiger partial charge in [-0.2, -0.15) is 0 Å². The van der Waals surface area contributed by atoms with Crippen molar-refractivity contribution in [2.45, 2.75) is 31.2 Å². The number of aliphatic carboxylic acids is 2. The van der Waals surface area contributed by atoms with Gasteiger partial charge in [-0.05, 0) is 25.7 Å². The molecule has 23 heavy (non-hydrogen) atoms. The van der Waals surface area contributed by atoms with E-state index < -0.39 is 23.4 Å². The van der Waals surface area contributed by atoms with Crippen LogP contribution in [0.2, 0.25) is 0 Å². The number of hydrogen-bond donors (Lipinski definition) is 7. The van der Waals surface area contributed by atoms with Crippen molar-refractivity contribution in [2.24, 2.45) is 44.6 Å². The highest BCUT2D eigenvalue weighted by Gasteiger charge is 2.45. The molecule has 0 saturated carbocycles. The van der Waals surface area contributed by atoms with Crippen LogP contribution in [-0.2, 0) is 9.59 Å². The van der Waals surface area contributed by atoms with Crippen LogP contribution < -0.4 is 28.7 Å². The lowest BCUT2D eigenvalue weighted by molar-refractivity contribution is -0.156. The summed E-state index contributed by atoms with van der Waals surface area (Å²) < 4.78 is 0. The predicted molar refractivity (Wildman–Crippen MR) is 85.5 cm³/mol. The molecule has 0 aromatic heterocycles. The summed E-state index contributed by atoms with van der Waals surface area (Å²) >= 11 is 0. The maximum absolute atomic E-state index is 11.5. The minimum atomic E-state index is -1.93. The first-order chi connectivity index (χ1) is 10.6. The zero-order chi connectivity index (χ0) is 18.0. The number of hydrogen-bond acceptors (Lipinski definition) is 5. The van der Waals surface area contributed by atoms with E-state index in [4.69, 9.17) is 28.7 Å². The highest BCUT2D eigenvalue weighted by atomic mass is 16.4. The van der Waals surface area contributed by atoms with Crippen molar-refractivity contribution in [3.8, 4) is 0 Å². The van der Waals surface area contributed by atoms with Gasteiger partial charge >= 0.3 is 11.9 Å². The molecule has 0 fully saturated rings. The number of nitrogens with zero attached hydrogens (tertiary/aromatic N) is 2. The average molecular weight is 331 g/mol. The summed E-state index contributed by atoms with van der Waals surface area (Å²) in [5, 5.41) is 18.7. The highest BCUT2D eigenvalue weighted by Crippen LogP contribution is 2.26. The third-order valence-corrected chi connectivity index (χ3v) is 3.31. The van der Waals surface area contributed by atoms with Gasteiger partial charge in [0.15, 0.2) is 11.9 Å². The van der Waals surface area contributed by atoms with Gasteiger partial charge in [-0.3, -0.25) is 19.6 Å². The van der Waals surface area contributed by atoms with E-state index in [1.807, 2.05) is 0 Å². The molecule has 2 unspecified atom stereocenters. The molecule has 0 saturated heterocycles. The molecule has 0 bridgehead atoms. The van der Waals surface area contributed by atoms with Crippen molar-refractivity contribution < 1.29 is 19.8 Å². The molecule has 0 radical (unpaired) electrons. The number of nitrogens with two attached hydrogens (primary N) is 5. The lowest BCUT2D eigenvalue weighted by Gasteiger charge is -2.30. The molecule has 2 atom stereocenters. The van der Waals surface area contributed by atoms with Gasteiger partial charge in [-0.15, -0.1) is 0 Å². The maximum Gasteiger partial charge on any atom is 0.324 e. The van der Waals surface area contributed by atoms with Crippen molar-refractivity contribution >= 4 is 23.9 Å². The Labute approximate surface area is 133 Å². The Morgan fingerprint density at radius 1 is 0.957 bits per heavy atom. The maximum atomic E-state index is 11.5. The first kappa shape index (κ1) is 20.4. The van der Waals surface area contributed by atoms with E-state index in [2.05, 4.69) is 9.98 Å². The Bertz CT molecular complexity index is 472. The summed E-state index contributed by atoms with van der Waals surface area (Å²) in [6, 6.07) is 0. The first-order valence-corrected chi connectivity index (χ1v) is 6.97. The third-order valence-electron chi connectivity index (χ3n) is 3.31. The second kappa shape index (κ2) is 9.46. The van der Waals surface area contributed by atoms with Crippen molar-refractivity contribution in [1.82, 2.24) is 0 Å². The standard InChI is InChI=1S/C12H25N7O4/c13-10(14)18-5-1-3-7(8(20)21)12(17,9(22)23)4-2-6-19-11(15)16/h7H,1-6,17H2,(H,20,21)(H,22,23)(H4,13,14,18)(H4,15,16,19). The summed E-state index contributed by atoms with van der Waals surface area (Å²) in [6.45, 7) is 0.352. The van der Waals surface area contributed by atoms with Crippen LogP contribution in [0.1, 0.15) is 25.7 Å². The molecule has 0 aromatic rings. The van der Waals surface area contributed by atoms with Crippen LogP contribution >= 0.6 is 0 Å². The van der Waals surface area contributed by atoms with Gasteiger partial charge in [0.1, 0.15) is 5.54 Å². The van der Waals surface area contributed by atoms with Crippen molar-refractivity contribution in [3.63, 3.8) is 0 Å². The zero-order valence-corrected chi connectivity index (χ0v) is 12.8. The van der Waals surface area contributed by atoms with Gasteiger partial charge in [0.05, 0.1) is 5.92 Å². The van der Waals surface area contributed by atoms with Gasteiger partial charge in [0, 0.05) is 13.1 Å². The Kier molecular flexibility index (Phi) is 8.40. The fourth-order valence-corrected chi connectivity index (χ4v) is 2.11. The Morgan fingerprint density at radius 3 is 1.83 bits per heavy atom. The first-order valence-electron chi connectivity index (χ1n) is 6.97. The van der Waals surface area contributed by atoms with Gasteiger partial charge in [-0.25, -0.2) is 0 Å².